The van der Waals surface area contributed by atoms with Crippen LogP contribution in [-0.2, 0) is 14.3 Å². The zero-order valence-corrected chi connectivity index (χ0v) is 12.1. The fourth-order valence-electron chi connectivity index (χ4n) is 1.90. The zero-order valence-electron chi connectivity index (χ0n) is 12.1. The molecule has 0 aromatic heterocycles. The molecule has 0 bridgehead atoms. The summed E-state index contributed by atoms with van der Waals surface area (Å²) in [5, 5.41) is 0. The van der Waals surface area contributed by atoms with Crippen molar-refractivity contribution in [3.8, 4) is 0 Å². The fraction of sp³-hybridized carbons (Fsp3) is 0.800. The molecule has 3 heteroatoms. The summed E-state index contributed by atoms with van der Waals surface area (Å²) in [6.07, 6.45) is 6.00. The van der Waals surface area contributed by atoms with Crippen molar-refractivity contribution in [1.82, 2.24) is 0 Å². The summed E-state index contributed by atoms with van der Waals surface area (Å²) in [5.74, 6) is -0.330. The number of unbranched alkanes of at least 4 members (excludes halogenated alkanes) is 3. The minimum absolute atomic E-state index is 0.110. The van der Waals surface area contributed by atoms with Crippen LogP contribution in [0.3, 0.4) is 0 Å². The summed E-state index contributed by atoms with van der Waals surface area (Å²) < 4.78 is 10.8. The van der Waals surface area contributed by atoms with Gasteiger partial charge in [-0.1, -0.05) is 39.2 Å². The Morgan fingerprint density at radius 2 is 1.94 bits per heavy atom. The highest BCUT2D eigenvalue weighted by Gasteiger charge is 2.43. The highest BCUT2D eigenvalue weighted by atomic mass is 16.6. The smallest absolute Gasteiger partial charge is 0.336 e. The van der Waals surface area contributed by atoms with Crippen LogP contribution in [-0.4, -0.2) is 23.8 Å². The number of carbonyl (C=O) groups is 1. The molecule has 1 heterocycles. The highest BCUT2D eigenvalue weighted by Crippen LogP contribution is 2.33. The summed E-state index contributed by atoms with van der Waals surface area (Å²) in [6, 6.07) is 0. The Bertz CT molecular complexity index is 301. The number of rotatable bonds is 7. The van der Waals surface area contributed by atoms with Crippen molar-refractivity contribution in [3.05, 3.63) is 12.2 Å². The minimum atomic E-state index is -0.467. The normalized spacial score (nSPS) is 22.7. The average Bonchev–Trinajstić information content (AvgIpc) is 3.00. The molecule has 3 nitrogen and oxygen atoms in total. The first-order valence-electron chi connectivity index (χ1n) is 6.92. The molecule has 18 heavy (non-hydrogen) atoms. The van der Waals surface area contributed by atoms with Crippen LogP contribution < -0.4 is 0 Å². The van der Waals surface area contributed by atoms with E-state index in [1.807, 2.05) is 20.8 Å². The van der Waals surface area contributed by atoms with Crippen LogP contribution >= 0.6 is 0 Å². The van der Waals surface area contributed by atoms with E-state index >= 15 is 0 Å². The summed E-state index contributed by atoms with van der Waals surface area (Å²) in [5.41, 5.74) is -0.00338. The molecule has 0 aliphatic carbocycles. The van der Waals surface area contributed by atoms with Crippen molar-refractivity contribution in [3.63, 3.8) is 0 Å². The molecule has 0 spiro atoms. The van der Waals surface area contributed by atoms with Gasteiger partial charge in [-0.05, 0) is 27.2 Å². The molecule has 1 saturated heterocycles. The summed E-state index contributed by atoms with van der Waals surface area (Å²) >= 11 is 0. The number of ether oxygens (including phenoxy) is 2. The highest BCUT2D eigenvalue weighted by molar-refractivity contribution is 5.89. The van der Waals surface area contributed by atoms with Gasteiger partial charge in [-0.25, -0.2) is 4.79 Å². The second-order valence-electron chi connectivity index (χ2n) is 5.97. The molecule has 1 fully saturated rings. The van der Waals surface area contributed by atoms with Crippen LogP contribution in [0, 0.1) is 0 Å². The fourth-order valence-corrected chi connectivity index (χ4v) is 1.90. The Labute approximate surface area is 111 Å². The zero-order chi connectivity index (χ0) is 13.8. The van der Waals surface area contributed by atoms with Crippen LogP contribution in [0.15, 0.2) is 12.2 Å². The molecule has 0 unspecified atom stereocenters. The molecular weight excluding hydrogens is 228 g/mol. The number of hydrogen-bond acceptors (Lipinski definition) is 3. The first-order valence-corrected chi connectivity index (χ1v) is 6.92. The van der Waals surface area contributed by atoms with Crippen molar-refractivity contribution in [2.75, 3.05) is 0 Å². The van der Waals surface area contributed by atoms with E-state index in [4.69, 9.17) is 9.47 Å². The van der Waals surface area contributed by atoms with E-state index in [1.165, 1.54) is 19.3 Å². The van der Waals surface area contributed by atoms with E-state index in [0.29, 0.717) is 5.57 Å². The molecule has 1 aliphatic heterocycles. The third-order valence-electron chi connectivity index (χ3n) is 2.93. The van der Waals surface area contributed by atoms with Gasteiger partial charge in [-0.2, -0.15) is 0 Å². The first-order chi connectivity index (χ1) is 8.35. The third-order valence-corrected chi connectivity index (χ3v) is 2.93. The van der Waals surface area contributed by atoms with Crippen LogP contribution in [0.25, 0.3) is 0 Å². The molecule has 1 aliphatic rings. The van der Waals surface area contributed by atoms with E-state index in [9.17, 15) is 4.79 Å². The Balaban J connectivity index is 2.23. The van der Waals surface area contributed by atoms with Gasteiger partial charge < -0.3 is 9.47 Å². The van der Waals surface area contributed by atoms with E-state index in [0.717, 1.165) is 12.8 Å². The van der Waals surface area contributed by atoms with E-state index in [-0.39, 0.29) is 18.2 Å². The molecule has 104 valence electrons. The molecule has 1 rings (SSSR count). The molecule has 2 atom stereocenters. The predicted octanol–water partition coefficient (Wildman–Crippen LogP) is 3.62. The largest absolute Gasteiger partial charge is 0.457 e. The third kappa shape index (κ3) is 5.21. The topological polar surface area (TPSA) is 38.8 Å². The van der Waals surface area contributed by atoms with Crippen LogP contribution in [0.4, 0.5) is 0 Å². The lowest BCUT2D eigenvalue weighted by Gasteiger charge is -2.19. The Morgan fingerprint density at radius 1 is 1.28 bits per heavy atom. The quantitative estimate of drug-likeness (QED) is 0.301. The molecule has 0 saturated carbocycles. The molecular formula is C15H26O3. The predicted molar refractivity (Wildman–Crippen MR) is 72.4 cm³/mol. The second-order valence-corrected chi connectivity index (χ2v) is 5.97. The first kappa shape index (κ1) is 15.2. The van der Waals surface area contributed by atoms with Gasteiger partial charge in [-0.3, -0.25) is 0 Å². The van der Waals surface area contributed by atoms with Crippen LogP contribution in [0.5, 0.6) is 0 Å². The Hall–Kier alpha value is -0.830. The standard InChI is InChI=1S/C15H26O3/c1-6-7-8-9-10-12-13(17-12)11(2)14(16)18-15(3,4)5/h12-13H,2,6-10H2,1,3-5H3/t12-,13+/m0/s1. The monoisotopic (exact) mass is 254 g/mol. The average molecular weight is 254 g/mol. The number of esters is 1. The minimum Gasteiger partial charge on any atom is -0.457 e. The lowest BCUT2D eigenvalue weighted by Crippen LogP contribution is -2.26. The van der Waals surface area contributed by atoms with Crippen molar-refractivity contribution in [2.24, 2.45) is 0 Å². The summed E-state index contributed by atoms with van der Waals surface area (Å²) in [7, 11) is 0. The van der Waals surface area contributed by atoms with Crippen LogP contribution in [0.1, 0.15) is 59.8 Å². The molecule has 0 N–H and O–H groups in total. The van der Waals surface area contributed by atoms with Gasteiger partial charge in [0.15, 0.2) is 0 Å². The van der Waals surface area contributed by atoms with Gasteiger partial charge in [0.1, 0.15) is 11.7 Å². The van der Waals surface area contributed by atoms with Crippen molar-refractivity contribution in [2.45, 2.75) is 77.6 Å². The second kappa shape index (κ2) is 6.37. The lowest BCUT2D eigenvalue weighted by molar-refractivity contribution is -0.150. The maximum absolute atomic E-state index is 11.8. The van der Waals surface area contributed by atoms with Gasteiger partial charge in [0.2, 0.25) is 0 Å². The number of epoxide rings is 1. The molecule has 0 aromatic rings. The molecule has 0 aromatic carbocycles. The van der Waals surface area contributed by atoms with Gasteiger partial charge >= 0.3 is 5.97 Å². The lowest BCUT2D eigenvalue weighted by atomic mass is 10.1. The summed E-state index contributed by atoms with van der Waals surface area (Å²) in [6.45, 7) is 11.6. The SMILES string of the molecule is C=C(C(=O)OC(C)(C)C)[C@H]1O[C@H]1CCCCCC. The van der Waals surface area contributed by atoms with Gasteiger partial charge in [0.25, 0.3) is 0 Å². The maximum Gasteiger partial charge on any atom is 0.336 e. The van der Waals surface area contributed by atoms with E-state index in [1.54, 1.807) is 0 Å². The van der Waals surface area contributed by atoms with Crippen molar-refractivity contribution >= 4 is 5.97 Å². The van der Waals surface area contributed by atoms with Gasteiger partial charge in [0.05, 0.1) is 11.7 Å². The molecule has 0 amide bonds. The Morgan fingerprint density at radius 3 is 2.50 bits per heavy atom. The number of hydrogen-bond donors (Lipinski definition) is 0. The van der Waals surface area contributed by atoms with E-state index in [2.05, 4.69) is 13.5 Å². The Kier molecular flexibility index (Phi) is 5.39. The van der Waals surface area contributed by atoms with Crippen molar-refractivity contribution in [1.29, 1.82) is 0 Å². The van der Waals surface area contributed by atoms with Gasteiger partial charge in [-0.15, -0.1) is 0 Å². The summed E-state index contributed by atoms with van der Waals surface area (Å²) in [4.78, 5) is 11.8. The van der Waals surface area contributed by atoms with E-state index < -0.39 is 5.60 Å². The molecule has 0 radical (unpaired) electrons. The number of carbonyl (C=O) groups excluding carboxylic acids is 1. The maximum atomic E-state index is 11.8. The van der Waals surface area contributed by atoms with Crippen LogP contribution in [0.2, 0.25) is 0 Å². The van der Waals surface area contributed by atoms with Gasteiger partial charge in [0, 0.05) is 0 Å². The van der Waals surface area contributed by atoms with Crippen molar-refractivity contribution < 1.29 is 14.3 Å².